The molecule has 1 rings (SSSR count). The Kier molecular flexibility index (Phi) is 2.91. The van der Waals surface area contributed by atoms with Gasteiger partial charge in [-0.25, -0.2) is 4.98 Å². The Balaban J connectivity index is 3.26. The second kappa shape index (κ2) is 3.77. The normalized spacial score (nSPS) is 11.2. The first-order valence-electron chi connectivity index (χ1n) is 4.78. The lowest BCUT2D eigenvalue weighted by molar-refractivity contribution is 0.786. The van der Waals surface area contributed by atoms with Crippen molar-refractivity contribution in [1.82, 2.24) is 4.98 Å². The van der Waals surface area contributed by atoms with Crippen LogP contribution in [0.15, 0.2) is 12.3 Å². The van der Waals surface area contributed by atoms with E-state index >= 15 is 0 Å². The number of aromatic nitrogens is 1. The van der Waals surface area contributed by atoms with Gasteiger partial charge in [-0.05, 0) is 23.5 Å². The van der Waals surface area contributed by atoms with E-state index in [1.54, 1.807) is 6.20 Å². The molecule has 0 radical (unpaired) electrons. The molecule has 0 fully saturated rings. The number of hydrogen-bond donors (Lipinski definition) is 1. The van der Waals surface area contributed by atoms with Gasteiger partial charge < -0.3 is 5.73 Å². The first-order chi connectivity index (χ1) is 6.04. The topological polar surface area (TPSA) is 38.9 Å². The zero-order valence-electron chi connectivity index (χ0n) is 8.83. The van der Waals surface area contributed by atoms with Gasteiger partial charge in [0.25, 0.3) is 0 Å². The molecule has 0 bridgehead atoms. The van der Waals surface area contributed by atoms with Crippen molar-refractivity contribution in [3.05, 3.63) is 23.4 Å². The van der Waals surface area contributed by atoms with Crippen molar-refractivity contribution in [2.24, 2.45) is 0 Å². The predicted octanol–water partition coefficient (Wildman–Crippen LogP) is 2.91. The van der Waals surface area contributed by atoms with Crippen molar-refractivity contribution in [2.75, 3.05) is 5.73 Å². The maximum atomic E-state index is 5.85. The van der Waals surface area contributed by atoms with Gasteiger partial charge >= 0.3 is 0 Å². The number of nitrogens with zero attached hydrogens (tertiary/aromatic N) is 1. The lowest BCUT2D eigenvalue weighted by Crippen LogP contribution is -2.05. The number of pyridine rings is 1. The van der Waals surface area contributed by atoms with E-state index in [1.807, 2.05) is 0 Å². The minimum absolute atomic E-state index is 0.450. The molecule has 13 heavy (non-hydrogen) atoms. The van der Waals surface area contributed by atoms with E-state index < -0.39 is 0 Å². The third-order valence-electron chi connectivity index (χ3n) is 2.25. The third kappa shape index (κ3) is 2.00. The summed E-state index contributed by atoms with van der Waals surface area (Å²) in [4.78, 5) is 4.12. The van der Waals surface area contributed by atoms with E-state index in [0.29, 0.717) is 17.7 Å². The van der Waals surface area contributed by atoms with Crippen LogP contribution in [0.2, 0.25) is 0 Å². The van der Waals surface area contributed by atoms with Crippen LogP contribution in [-0.4, -0.2) is 4.98 Å². The summed E-state index contributed by atoms with van der Waals surface area (Å²) in [6.07, 6.45) is 1.79. The van der Waals surface area contributed by atoms with Gasteiger partial charge in [0.1, 0.15) is 5.82 Å². The average molecular weight is 178 g/mol. The third-order valence-corrected chi connectivity index (χ3v) is 2.25. The number of nitrogen functional groups attached to an aromatic ring is 1. The van der Waals surface area contributed by atoms with Gasteiger partial charge in [-0.3, -0.25) is 0 Å². The molecule has 0 aromatic carbocycles. The highest BCUT2D eigenvalue weighted by molar-refractivity contribution is 5.47. The van der Waals surface area contributed by atoms with Gasteiger partial charge in [0, 0.05) is 11.8 Å². The second-order valence-electron chi connectivity index (χ2n) is 4.01. The first kappa shape index (κ1) is 10.0. The smallest absolute Gasteiger partial charge is 0.127 e. The molecule has 0 aliphatic carbocycles. The van der Waals surface area contributed by atoms with Crippen LogP contribution < -0.4 is 5.73 Å². The van der Waals surface area contributed by atoms with Crippen molar-refractivity contribution in [3.8, 4) is 0 Å². The monoisotopic (exact) mass is 178 g/mol. The molecule has 1 aromatic rings. The SMILES string of the molecule is CC(C)c1ccnc(N)c1C(C)C. The minimum Gasteiger partial charge on any atom is -0.383 e. The molecule has 2 heteroatoms. The Labute approximate surface area is 80.2 Å². The quantitative estimate of drug-likeness (QED) is 0.756. The molecule has 0 aliphatic rings. The minimum atomic E-state index is 0.450. The van der Waals surface area contributed by atoms with Crippen LogP contribution >= 0.6 is 0 Å². The Morgan fingerprint density at radius 1 is 1.15 bits per heavy atom. The summed E-state index contributed by atoms with van der Waals surface area (Å²) in [6, 6.07) is 2.07. The Hall–Kier alpha value is -1.05. The van der Waals surface area contributed by atoms with Gasteiger partial charge in [0.05, 0.1) is 0 Å². The fourth-order valence-electron chi connectivity index (χ4n) is 1.64. The molecule has 0 atom stereocenters. The number of nitrogens with two attached hydrogens (primary N) is 1. The Morgan fingerprint density at radius 2 is 1.77 bits per heavy atom. The molecule has 0 saturated carbocycles. The molecule has 0 amide bonds. The Morgan fingerprint density at radius 3 is 2.15 bits per heavy atom. The van der Waals surface area contributed by atoms with E-state index in [9.17, 15) is 0 Å². The molecule has 0 spiro atoms. The fourth-order valence-corrected chi connectivity index (χ4v) is 1.64. The van der Waals surface area contributed by atoms with Crippen molar-refractivity contribution >= 4 is 5.82 Å². The van der Waals surface area contributed by atoms with Crippen LogP contribution in [0.3, 0.4) is 0 Å². The number of rotatable bonds is 2. The molecular weight excluding hydrogens is 160 g/mol. The van der Waals surface area contributed by atoms with E-state index in [-0.39, 0.29) is 0 Å². The highest BCUT2D eigenvalue weighted by Crippen LogP contribution is 2.28. The van der Waals surface area contributed by atoms with Crippen molar-refractivity contribution < 1.29 is 0 Å². The van der Waals surface area contributed by atoms with Crippen LogP contribution in [0, 0.1) is 0 Å². The summed E-state index contributed by atoms with van der Waals surface area (Å²) >= 11 is 0. The van der Waals surface area contributed by atoms with E-state index in [4.69, 9.17) is 5.73 Å². The van der Waals surface area contributed by atoms with Crippen molar-refractivity contribution in [1.29, 1.82) is 0 Å². The maximum absolute atomic E-state index is 5.85. The molecule has 2 N–H and O–H groups in total. The Bertz CT molecular complexity index is 290. The van der Waals surface area contributed by atoms with E-state index in [0.717, 1.165) is 0 Å². The zero-order chi connectivity index (χ0) is 10.0. The summed E-state index contributed by atoms with van der Waals surface area (Å²) in [5, 5.41) is 0. The predicted molar refractivity (Wildman–Crippen MR) is 56.8 cm³/mol. The molecular formula is C11H18N2. The standard InChI is InChI=1S/C11H18N2/c1-7(2)9-5-6-13-11(12)10(9)8(3)4/h5-8H,1-4H3,(H2,12,13). The molecule has 0 unspecified atom stereocenters. The number of anilines is 1. The van der Waals surface area contributed by atoms with Crippen molar-refractivity contribution in [2.45, 2.75) is 39.5 Å². The van der Waals surface area contributed by atoms with E-state index in [1.165, 1.54) is 11.1 Å². The summed E-state index contributed by atoms with van der Waals surface area (Å²) in [7, 11) is 0. The second-order valence-corrected chi connectivity index (χ2v) is 4.01. The largest absolute Gasteiger partial charge is 0.383 e. The summed E-state index contributed by atoms with van der Waals surface area (Å²) in [5.74, 6) is 1.65. The van der Waals surface area contributed by atoms with Crippen LogP contribution in [-0.2, 0) is 0 Å². The number of hydrogen-bond acceptors (Lipinski definition) is 2. The average Bonchev–Trinajstić information content (AvgIpc) is 2.02. The van der Waals surface area contributed by atoms with Crippen molar-refractivity contribution in [3.63, 3.8) is 0 Å². The molecule has 1 heterocycles. The lowest BCUT2D eigenvalue weighted by Gasteiger charge is -2.16. The molecule has 2 nitrogen and oxygen atoms in total. The maximum Gasteiger partial charge on any atom is 0.127 e. The first-order valence-corrected chi connectivity index (χ1v) is 4.78. The van der Waals surface area contributed by atoms with Crippen LogP contribution in [0.1, 0.15) is 50.7 Å². The molecule has 0 aliphatic heterocycles. The molecule has 1 aromatic heterocycles. The highest BCUT2D eigenvalue weighted by atomic mass is 14.8. The van der Waals surface area contributed by atoms with Crippen LogP contribution in [0.4, 0.5) is 5.82 Å². The zero-order valence-corrected chi connectivity index (χ0v) is 8.83. The molecule has 0 saturated heterocycles. The summed E-state index contributed by atoms with van der Waals surface area (Å²) in [6.45, 7) is 8.67. The van der Waals surface area contributed by atoms with Gasteiger partial charge in [0.15, 0.2) is 0 Å². The highest BCUT2D eigenvalue weighted by Gasteiger charge is 2.12. The van der Waals surface area contributed by atoms with Gasteiger partial charge in [0.2, 0.25) is 0 Å². The lowest BCUT2D eigenvalue weighted by atomic mass is 9.92. The molecule has 72 valence electrons. The van der Waals surface area contributed by atoms with Gasteiger partial charge in [-0.15, -0.1) is 0 Å². The summed E-state index contributed by atoms with van der Waals surface area (Å²) < 4.78 is 0. The van der Waals surface area contributed by atoms with Crippen LogP contribution in [0.5, 0.6) is 0 Å². The van der Waals surface area contributed by atoms with Gasteiger partial charge in [-0.2, -0.15) is 0 Å². The fraction of sp³-hybridized carbons (Fsp3) is 0.545. The van der Waals surface area contributed by atoms with Crippen LogP contribution in [0.25, 0.3) is 0 Å². The van der Waals surface area contributed by atoms with Gasteiger partial charge in [-0.1, -0.05) is 27.7 Å². The van der Waals surface area contributed by atoms with E-state index in [2.05, 4.69) is 38.7 Å². The summed E-state index contributed by atoms with van der Waals surface area (Å²) in [5.41, 5.74) is 8.38.